The van der Waals surface area contributed by atoms with E-state index in [4.69, 9.17) is 14.2 Å². The Hall–Kier alpha value is -2.54. The molecule has 0 aliphatic carbocycles. The van der Waals surface area contributed by atoms with Crippen molar-refractivity contribution < 1.29 is 52.8 Å². The first-order valence-corrected chi connectivity index (χ1v) is 13.5. The molecule has 2 aromatic rings. The summed E-state index contributed by atoms with van der Waals surface area (Å²) >= 11 is -3.15. The fourth-order valence-electron chi connectivity index (χ4n) is 2.85. The van der Waals surface area contributed by atoms with E-state index in [1.54, 1.807) is 0 Å². The summed E-state index contributed by atoms with van der Waals surface area (Å²) in [4.78, 5) is 43.6. The van der Waals surface area contributed by atoms with E-state index in [0.29, 0.717) is 0 Å². The lowest BCUT2D eigenvalue weighted by atomic mass is 10.1. The molecule has 0 saturated carbocycles. The number of amides is 1. The number of rotatable bonds is 11. The van der Waals surface area contributed by atoms with Crippen LogP contribution in [0.3, 0.4) is 0 Å². The van der Waals surface area contributed by atoms with E-state index in [-0.39, 0.29) is 17.1 Å². The molecule has 2 rings (SSSR count). The van der Waals surface area contributed by atoms with Gasteiger partial charge in [-0.3, -0.25) is 19.2 Å². The van der Waals surface area contributed by atoms with Crippen LogP contribution in [0.15, 0.2) is 42.7 Å². The third kappa shape index (κ3) is 8.47. The van der Waals surface area contributed by atoms with Crippen LogP contribution in [-0.2, 0) is 19.2 Å². The van der Waals surface area contributed by atoms with Crippen LogP contribution in [0.5, 0.6) is 17.2 Å². The lowest BCUT2D eigenvalue weighted by Gasteiger charge is -2.17. The normalized spacial score (nSPS) is 10.9. The Bertz CT molecular complexity index is 1260. The summed E-state index contributed by atoms with van der Waals surface area (Å²) in [5.74, 6) is -4.66. The summed E-state index contributed by atoms with van der Waals surface area (Å²) in [6.45, 7) is 3.13. The second-order valence-corrected chi connectivity index (χ2v) is 9.67. The molecule has 0 radical (unpaired) electrons. The summed E-state index contributed by atoms with van der Waals surface area (Å²) in [7, 11) is 0. The summed E-state index contributed by atoms with van der Waals surface area (Å²) in [6.07, 6.45) is 1.90. The zero-order valence-electron chi connectivity index (χ0n) is 19.6. The number of carbonyl (C=O) groups excluding carboxylic acids is 4. The Morgan fingerprint density at radius 1 is 0.667 bits per heavy atom. The van der Waals surface area contributed by atoms with Crippen LogP contribution in [-0.4, -0.2) is 23.8 Å². The second-order valence-electron chi connectivity index (χ2n) is 6.86. The zero-order chi connectivity index (χ0) is 29.3. The van der Waals surface area contributed by atoms with Gasteiger partial charge in [0.2, 0.25) is 11.7 Å². The number of hydrogen-bond donors (Lipinski definition) is 1. The third-order valence-electron chi connectivity index (χ3n) is 4.14. The zero-order valence-corrected chi connectivity index (χ0v) is 23.7. The number of carbonyl (C=O) groups is 4. The molecule has 2 aromatic carbocycles. The maximum absolute atomic E-state index is 13.7. The van der Waals surface area contributed by atoms with Gasteiger partial charge in [-0.15, -0.1) is 0 Å². The Kier molecular flexibility index (Phi) is 12.8. The molecule has 0 bridgehead atoms. The summed E-state index contributed by atoms with van der Waals surface area (Å²) in [5, 5.41) is 2.10. The number of halogens is 5. The van der Waals surface area contributed by atoms with Crippen LogP contribution in [0.25, 0.3) is 6.08 Å². The van der Waals surface area contributed by atoms with Gasteiger partial charge in [-0.05, 0) is 23.8 Å². The molecule has 1 amide bonds. The minimum Gasteiger partial charge on any atom is -0.423 e. The SMILES string of the molecule is CC(=O)Oc1cc(C=CC(=O)Nc2c(SF)c(SF)c(SF)c(SF)c2SF)cc(OC(C)=O)c1OC(C)=O. The highest BCUT2D eigenvalue weighted by molar-refractivity contribution is 8.00. The van der Waals surface area contributed by atoms with E-state index in [1.807, 2.05) is 0 Å². The van der Waals surface area contributed by atoms with Crippen LogP contribution in [0.2, 0.25) is 0 Å². The predicted molar refractivity (Wildman–Crippen MR) is 139 cm³/mol. The van der Waals surface area contributed by atoms with E-state index in [2.05, 4.69) is 5.32 Å². The van der Waals surface area contributed by atoms with Crippen molar-refractivity contribution in [3.63, 3.8) is 0 Å². The molecule has 0 aliphatic rings. The quantitative estimate of drug-likeness (QED) is 0.111. The van der Waals surface area contributed by atoms with E-state index in [9.17, 15) is 38.6 Å². The topological polar surface area (TPSA) is 108 Å². The first kappa shape index (κ1) is 32.7. The highest BCUT2D eigenvalue weighted by Crippen LogP contribution is 2.54. The molecular weight excluding hydrogens is 634 g/mol. The largest absolute Gasteiger partial charge is 0.423 e. The highest BCUT2D eigenvalue weighted by Gasteiger charge is 2.29. The van der Waals surface area contributed by atoms with Gasteiger partial charge in [-0.25, -0.2) is 0 Å². The van der Waals surface area contributed by atoms with E-state index in [0.717, 1.165) is 45.1 Å². The molecule has 0 spiro atoms. The fraction of sp³-hybridized carbons (Fsp3) is 0.143. The van der Waals surface area contributed by atoms with Crippen molar-refractivity contribution in [3.8, 4) is 17.2 Å². The smallest absolute Gasteiger partial charge is 0.308 e. The van der Waals surface area contributed by atoms with Crippen molar-refractivity contribution in [2.45, 2.75) is 45.2 Å². The second kappa shape index (κ2) is 15.3. The molecule has 0 aliphatic heterocycles. The van der Waals surface area contributed by atoms with Gasteiger partial charge in [0.1, 0.15) is 0 Å². The van der Waals surface area contributed by atoms with Gasteiger partial charge >= 0.3 is 17.9 Å². The van der Waals surface area contributed by atoms with E-state index in [1.165, 1.54) is 0 Å². The van der Waals surface area contributed by atoms with Crippen molar-refractivity contribution in [1.29, 1.82) is 0 Å². The van der Waals surface area contributed by atoms with Crippen molar-refractivity contribution >= 4 is 96.3 Å². The van der Waals surface area contributed by atoms with Crippen LogP contribution in [0, 0.1) is 0 Å². The lowest BCUT2D eigenvalue weighted by Crippen LogP contribution is -2.11. The Balaban J connectivity index is 2.57. The van der Waals surface area contributed by atoms with Gasteiger partial charge in [0.15, 0.2) is 11.5 Å². The van der Waals surface area contributed by atoms with Crippen LogP contribution >= 0.6 is 60.7 Å². The number of ether oxygens (including phenoxy) is 3. The fourth-order valence-corrected chi connectivity index (χ4v) is 5.70. The number of benzene rings is 2. The standard InChI is InChI=1S/C21H14F5NO7S5/c1-8(28)32-12-6-11(7-13(33-9(2)29)16(12)34-10(3)30)4-5-14(31)27-15-17(35-22)19(37-24)21(39-26)20(38-25)18(15)36-23/h4-7H,1-3H3,(H,27,31). The first-order valence-electron chi connectivity index (χ1n) is 9.90. The van der Waals surface area contributed by atoms with Crippen LogP contribution in [0.4, 0.5) is 25.1 Å². The molecular formula is C21H14F5NO7S5. The number of esters is 3. The number of nitrogens with one attached hydrogen (secondary N) is 1. The third-order valence-corrected chi connectivity index (χ3v) is 7.47. The van der Waals surface area contributed by atoms with Crippen molar-refractivity contribution in [2.24, 2.45) is 0 Å². The molecule has 18 heteroatoms. The predicted octanol–water partition coefficient (Wildman–Crippen LogP) is 8.00. The average Bonchev–Trinajstić information content (AvgIpc) is 2.87. The van der Waals surface area contributed by atoms with Crippen LogP contribution in [0.1, 0.15) is 26.3 Å². The molecule has 1 N–H and O–H groups in total. The molecule has 0 heterocycles. The summed E-state index contributed by atoms with van der Waals surface area (Å²) in [6, 6.07) is 2.29. The molecule has 8 nitrogen and oxygen atoms in total. The Morgan fingerprint density at radius 2 is 1.05 bits per heavy atom. The van der Waals surface area contributed by atoms with Gasteiger partial charge < -0.3 is 19.5 Å². The molecule has 0 aromatic heterocycles. The molecule has 210 valence electrons. The van der Waals surface area contributed by atoms with Crippen molar-refractivity contribution in [1.82, 2.24) is 0 Å². The summed E-state index contributed by atoms with van der Waals surface area (Å²) in [5.41, 5.74) is -0.605. The molecule has 39 heavy (non-hydrogen) atoms. The first-order chi connectivity index (χ1) is 18.5. The monoisotopic (exact) mass is 647 g/mol. The minimum absolute atomic E-state index is 0.0536. The van der Waals surface area contributed by atoms with Crippen molar-refractivity contribution in [2.75, 3.05) is 5.32 Å². The Morgan fingerprint density at radius 3 is 1.41 bits per heavy atom. The van der Waals surface area contributed by atoms with Crippen molar-refractivity contribution in [3.05, 3.63) is 23.8 Å². The maximum atomic E-state index is 13.7. The molecule has 0 saturated heterocycles. The van der Waals surface area contributed by atoms with Gasteiger partial charge in [0.25, 0.3) is 0 Å². The minimum atomic E-state index is -1.06. The van der Waals surface area contributed by atoms with Gasteiger partial charge in [0, 0.05) is 26.8 Å². The Labute approximate surface area is 240 Å². The van der Waals surface area contributed by atoms with E-state index >= 15 is 0 Å². The molecule has 0 unspecified atom stereocenters. The van der Waals surface area contributed by atoms with Gasteiger partial charge in [-0.2, -0.15) is 19.4 Å². The van der Waals surface area contributed by atoms with Crippen LogP contribution < -0.4 is 19.5 Å². The number of anilines is 1. The highest BCUT2D eigenvalue weighted by atomic mass is 32.2. The summed E-state index contributed by atoms with van der Waals surface area (Å²) < 4.78 is 82.8. The van der Waals surface area contributed by atoms with Gasteiger partial charge in [-0.1, -0.05) is 0 Å². The average molecular weight is 648 g/mol. The van der Waals surface area contributed by atoms with E-state index < -0.39 is 120 Å². The molecule has 0 fully saturated rings. The maximum Gasteiger partial charge on any atom is 0.308 e. The molecule has 0 atom stereocenters. The number of hydrogen-bond acceptors (Lipinski definition) is 12. The van der Waals surface area contributed by atoms with Gasteiger partial charge in [0.05, 0.1) is 90.9 Å². The lowest BCUT2D eigenvalue weighted by molar-refractivity contribution is -0.135.